The summed E-state index contributed by atoms with van der Waals surface area (Å²) >= 11 is 0. The standard InChI is InChI=1S/C18H27FN2O3/c1-18(2,3)24-17(22)21(13-7-6-10-20-11-13)12-14-15(19)8-5-9-16(14)23-4/h5,8-9,13,20H,6-7,10-12H2,1-4H3. The highest BCUT2D eigenvalue weighted by molar-refractivity contribution is 5.69. The minimum atomic E-state index is -0.600. The third-order valence-electron chi connectivity index (χ3n) is 3.96. The average Bonchev–Trinajstić information content (AvgIpc) is 2.52. The molecular weight excluding hydrogens is 311 g/mol. The Morgan fingerprint density at radius 1 is 1.42 bits per heavy atom. The predicted molar refractivity (Wildman–Crippen MR) is 90.6 cm³/mol. The fourth-order valence-corrected chi connectivity index (χ4v) is 2.82. The summed E-state index contributed by atoms with van der Waals surface area (Å²) < 4.78 is 25.1. The van der Waals surface area contributed by atoms with Crippen molar-refractivity contribution in [3.05, 3.63) is 29.6 Å². The van der Waals surface area contributed by atoms with E-state index in [9.17, 15) is 9.18 Å². The molecule has 2 rings (SSSR count). The number of amides is 1. The lowest BCUT2D eigenvalue weighted by molar-refractivity contribution is 0.0110. The molecule has 0 radical (unpaired) electrons. The van der Waals surface area contributed by atoms with Crippen LogP contribution < -0.4 is 10.1 Å². The number of methoxy groups -OCH3 is 1. The van der Waals surface area contributed by atoms with Gasteiger partial charge in [0.05, 0.1) is 13.7 Å². The van der Waals surface area contributed by atoms with Crippen molar-refractivity contribution in [3.63, 3.8) is 0 Å². The van der Waals surface area contributed by atoms with Crippen LogP contribution >= 0.6 is 0 Å². The van der Waals surface area contributed by atoms with Crippen LogP contribution in [-0.4, -0.2) is 42.8 Å². The van der Waals surface area contributed by atoms with Gasteiger partial charge in [-0.2, -0.15) is 0 Å². The van der Waals surface area contributed by atoms with Crippen LogP contribution in [0.3, 0.4) is 0 Å². The van der Waals surface area contributed by atoms with Gasteiger partial charge in [-0.25, -0.2) is 9.18 Å². The molecule has 1 atom stereocenters. The molecule has 1 aromatic rings. The fourth-order valence-electron chi connectivity index (χ4n) is 2.82. The van der Waals surface area contributed by atoms with E-state index in [2.05, 4.69) is 5.32 Å². The van der Waals surface area contributed by atoms with Crippen LogP contribution in [0.2, 0.25) is 0 Å². The maximum absolute atomic E-state index is 14.3. The summed E-state index contributed by atoms with van der Waals surface area (Å²) in [5.41, 5.74) is -0.229. The topological polar surface area (TPSA) is 50.8 Å². The molecule has 1 fully saturated rings. The van der Waals surface area contributed by atoms with Crippen molar-refractivity contribution in [2.24, 2.45) is 0 Å². The van der Waals surface area contributed by atoms with Crippen LogP contribution in [0, 0.1) is 5.82 Å². The van der Waals surface area contributed by atoms with Gasteiger partial charge in [-0.3, -0.25) is 4.90 Å². The van der Waals surface area contributed by atoms with E-state index in [1.807, 2.05) is 20.8 Å². The van der Waals surface area contributed by atoms with Crippen LogP contribution in [0.5, 0.6) is 5.75 Å². The lowest BCUT2D eigenvalue weighted by Gasteiger charge is -2.36. The number of carbonyl (C=O) groups is 1. The summed E-state index contributed by atoms with van der Waals surface area (Å²) in [6.45, 7) is 7.21. The number of nitrogens with zero attached hydrogens (tertiary/aromatic N) is 1. The van der Waals surface area contributed by atoms with E-state index in [4.69, 9.17) is 9.47 Å². The number of nitrogens with one attached hydrogen (secondary N) is 1. The highest BCUT2D eigenvalue weighted by Crippen LogP contribution is 2.26. The van der Waals surface area contributed by atoms with Gasteiger partial charge >= 0.3 is 6.09 Å². The number of hydrogen-bond donors (Lipinski definition) is 1. The molecule has 1 unspecified atom stereocenters. The Hall–Kier alpha value is -1.82. The molecule has 0 spiro atoms. The molecule has 1 aliphatic heterocycles. The van der Waals surface area contributed by atoms with Crippen molar-refractivity contribution in [2.45, 2.75) is 51.8 Å². The maximum atomic E-state index is 14.3. The van der Waals surface area contributed by atoms with Crippen LogP contribution in [0.1, 0.15) is 39.2 Å². The summed E-state index contributed by atoms with van der Waals surface area (Å²) in [4.78, 5) is 14.3. The van der Waals surface area contributed by atoms with E-state index in [-0.39, 0.29) is 18.4 Å². The Bertz CT molecular complexity index is 566. The molecule has 6 heteroatoms. The van der Waals surface area contributed by atoms with Gasteiger partial charge in [-0.05, 0) is 52.3 Å². The first kappa shape index (κ1) is 18.5. The van der Waals surface area contributed by atoms with E-state index in [0.717, 1.165) is 19.4 Å². The van der Waals surface area contributed by atoms with E-state index >= 15 is 0 Å². The maximum Gasteiger partial charge on any atom is 0.410 e. The van der Waals surface area contributed by atoms with Gasteiger partial charge in [0.2, 0.25) is 0 Å². The van der Waals surface area contributed by atoms with Crippen LogP contribution in [0.25, 0.3) is 0 Å². The van der Waals surface area contributed by atoms with Crippen molar-refractivity contribution in [1.82, 2.24) is 10.2 Å². The van der Waals surface area contributed by atoms with E-state index in [1.54, 1.807) is 17.0 Å². The molecule has 1 amide bonds. The summed E-state index contributed by atoms with van der Waals surface area (Å²) in [6, 6.07) is 4.64. The number of carbonyl (C=O) groups excluding carboxylic acids is 1. The second kappa shape index (κ2) is 7.83. The van der Waals surface area contributed by atoms with Gasteiger partial charge in [-0.15, -0.1) is 0 Å². The molecule has 0 aliphatic carbocycles. The highest BCUT2D eigenvalue weighted by Gasteiger charge is 2.31. The van der Waals surface area contributed by atoms with Crippen molar-refractivity contribution in [3.8, 4) is 5.75 Å². The molecule has 1 aromatic carbocycles. The zero-order valence-corrected chi connectivity index (χ0v) is 14.9. The first-order valence-electron chi connectivity index (χ1n) is 8.33. The number of rotatable bonds is 4. The second-order valence-corrected chi connectivity index (χ2v) is 7.03. The Kier molecular flexibility index (Phi) is 6.04. The van der Waals surface area contributed by atoms with Crippen molar-refractivity contribution >= 4 is 6.09 Å². The van der Waals surface area contributed by atoms with Crippen molar-refractivity contribution in [2.75, 3.05) is 20.2 Å². The molecule has 5 nitrogen and oxygen atoms in total. The van der Waals surface area contributed by atoms with Gasteiger partial charge in [-0.1, -0.05) is 6.07 Å². The average molecular weight is 338 g/mol. The summed E-state index contributed by atoms with van der Waals surface area (Å²) in [5, 5.41) is 3.29. The molecule has 134 valence electrons. The summed E-state index contributed by atoms with van der Waals surface area (Å²) in [5.74, 6) is 0.0546. The van der Waals surface area contributed by atoms with Gasteiger partial charge < -0.3 is 14.8 Å². The lowest BCUT2D eigenvalue weighted by Crippen LogP contribution is -2.49. The molecule has 1 N–H and O–H groups in total. The number of hydrogen-bond acceptors (Lipinski definition) is 4. The number of benzene rings is 1. The summed E-state index contributed by atoms with van der Waals surface area (Å²) in [6.07, 6.45) is 1.41. The Balaban J connectivity index is 2.27. The first-order valence-corrected chi connectivity index (χ1v) is 8.33. The van der Waals surface area contributed by atoms with E-state index < -0.39 is 11.7 Å². The second-order valence-electron chi connectivity index (χ2n) is 7.03. The number of piperidine rings is 1. The molecule has 1 aliphatic rings. The molecule has 1 heterocycles. The molecule has 1 saturated heterocycles. The predicted octanol–water partition coefficient (Wildman–Crippen LogP) is 3.32. The summed E-state index contributed by atoms with van der Waals surface area (Å²) in [7, 11) is 1.50. The minimum absolute atomic E-state index is 0.0297. The lowest BCUT2D eigenvalue weighted by atomic mass is 10.0. The van der Waals surface area contributed by atoms with Gasteiger partial charge in [0.25, 0.3) is 0 Å². The van der Waals surface area contributed by atoms with Gasteiger partial charge in [0.15, 0.2) is 0 Å². The Labute approximate surface area is 143 Å². The normalized spacial score (nSPS) is 18.1. The molecule has 0 saturated carbocycles. The molecule has 0 aromatic heterocycles. The fraction of sp³-hybridized carbons (Fsp3) is 0.611. The smallest absolute Gasteiger partial charge is 0.410 e. The zero-order valence-electron chi connectivity index (χ0n) is 14.9. The van der Waals surface area contributed by atoms with E-state index in [1.165, 1.54) is 13.2 Å². The number of ether oxygens (including phenoxy) is 2. The van der Waals surface area contributed by atoms with Crippen molar-refractivity contribution in [1.29, 1.82) is 0 Å². The van der Waals surface area contributed by atoms with Gasteiger partial charge in [0.1, 0.15) is 17.2 Å². The zero-order chi connectivity index (χ0) is 17.7. The third kappa shape index (κ3) is 4.84. The molecule has 24 heavy (non-hydrogen) atoms. The minimum Gasteiger partial charge on any atom is -0.496 e. The van der Waals surface area contributed by atoms with E-state index in [0.29, 0.717) is 17.9 Å². The monoisotopic (exact) mass is 338 g/mol. The molecule has 0 bridgehead atoms. The van der Waals surface area contributed by atoms with Crippen LogP contribution in [-0.2, 0) is 11.3 Å². The first-order chi connectivity index (χ1) is 11.3. The highest BCUT2D eigenvalue weighted by atomic mass is 19.1. The Morgan fingerprint density at radius 2 is 2.17 bits per heavy atom. The SMILES string of the molecule is COc1cccc(F)c1CN(C(=O)OC(C)(C)C)C1CCCNC1. The molecular formula is C18H27FN2O3. The largest absolute Gasteiger partial charge is 0.496 e. The number of halogens is 1. The van der Waals surface area contributed by atoms with Crippen LogP contribution in [0.4, 0.5) is 9.18 Å². The van der Waals surface area contributed by atoms with Crippen molar-refractivity contribution < 1.29 is 18.7 Å². The quantitative estimate of drug-likeness (QED) is 0.915. The van der Waals surface area contributed by atoms with Crippen LogP contribution in [0.15, 0.2) is 18.2 Å². The Morgan fingerprint density at radius 3 is 2.75 bits per heavy atom. The third-order valence-corrected chi connectivity index (χ3v) is 3.96. The van der Waals surface area contributed by atoms with Gasteiger partial charge in [0, 0.05) is 18.2 Å².